The molecule has 0 aliphatic carbocycles. The van der Waals surface area contributed by atoms with Gasteiger partial charge in [0, 0.05) is 19.4 Å². The molecule has 1 radical (unpaired) electrons. The molecule has 119 valence electrons. The zero-order valence-electron chi connectivity index (χ0n) is 14.0. The van der Waals surface area contributed by atoms with Gasteiger partial charge >= 0.3 is 0 Å². The molecule has 0 rings (SSSR count). The minimum atomic E-state index is 0.228. The summed E-state index contributed by atoms with van der Waals surface area (Å²) in [5, 5.41) is 3.00. The third kappa shape index (κ3) is 15.5. The van der Waals surface area contributed by atoms with Crippen molar-refractivity contribution in [2.75, 3.05) is 27.2 Å². The van der Waals surface area contributed by atoms with Gasteiger partial charge in [0.25, 0.3) is 0 Å². The average Bonchev–Trinajstić information content (AvgIpc) is 2.41. The van der Waals surface area contributed by atoms with Crippen LogP contribution in [0.15, 0.2) is 0 Å². The molecule has 0 aromatic carbocycles. The molecule has 1 N–H and O–H groups in total. The quantitative estimate of drug-likeness (QED) is 0.382. The normalized spacial score (nSPS) is 11.0. The van der Waals surface area contributed by atoms with Gasteiger partial charge in [-0.05, 0) is 6.42 Å². The first kappa shape index (κ1) is 19.4. The van der Waals surface area contributed by atoms with Crippen LogP contribution >= 0.6 is 0 Å². The lowest BCUT2D eigenvalue weighted by atomic mass is 10.1. The molecular formula is C17H36N2O+. The number of nitrogens with zero attached hydrogens (tertiary/aromatic N) is 1. The summed E-state index contributed by atoms with van der Waals surface area (Å²) in [6, 6.07) is 0. The van der Waals surface area contributed by atoms with Crippen LogP contribution in [0, 0.1) is 0 Å². The number of hydrogen-bond donors (Lipinski definition) is 1. The summed E-state index contributed by atoms with van der Waals surface area (Å²) in [6.07, 6.45) is 13.5. The molecule has 1 amide bonds. The minimum Gasteiger partial charge on any atom is -0.356 e. The summed E-state index contributed by atoms with van der Waals surface area (Å²) in [5.41, 5.74) is 0. The molecule has 0 spiro atoms. The molecule has 0 fully saturated rings. The van der Waals surface area contributed by atoms with Crippen LogP contribution < -0.4 is 10.2 Å². The minimum absolute atomic E-state index is 0.228. The van der Waals surface area contributed by atoms with Crippen molar-refractivity contribution in [1.29, 1.82) is 0 Å². The van der Waals surface area contributed by atoms with E-state index in [0.29, 0.717) is 6.42 Å². The largest absolute Gasteiger partial charge is 0.356 e. The molecule has 0 atom stereocenters. The molecule has 3 heteroatoms. The van der Waals surface area contributed by atoms with Crippen molar-refractivity contribution in [3.63, 3.8) is 0 Å². The van der Waals surface area contributed by atoms with Crippen LogP contribution in [0.25, 0.3) is 0 Å². The van der Waals surface area contributed by atoms with Gasteiger partial charge in [-0.15, -0.1) is 0 Å². The Bertz CT molecular complexity index is 217. The molecule has 0 aromatic rings. The van der Waals surface area contributed by atoms with Gasteiger partial charge in [-0.25, -0.2) is 0 Å². The van der Waals surface area contributed by atoms with Crippen LogP contribution in [-0.4, -0.2) is 33.1 Å². The van der Waals surface area contributed by atoms with Crippen LogP contribution in [0.3, 0.4) is 0 Å². The first-order chi connectivity index (χ1) is 9.66. The van der Waals surface area contributed by atoms with Gasteiger partial charge in [0.2, 0.25) is 5.91 Å². The van der Waals surface area contributed by atoms with Crippen LogP contribution in [0.1, 0.15) is 77.6 Å². The summed E-state index contributed by atoms with van der Waals surface area (Å²) in [7, 11) is 4.12. The maximum Gasteiger partial charge on any atom is 0.219 e. The van der Waals surface area contributed by atoms with Gasteiger partial charge in [-0.3, -0.25) is 4.79 Å². The van der Waals surface area contributed by atoms with Gasteiger partial charge in [-0.1, -0.05) is 58.3 Å². The summed E-state index contributed by atoms with van der Waals surface area (Å²) >= 11 is 0. The van der Waals surface area contributed by atoms with E-state index in [9.17, 15) is 4.79 Å². The number of nitrogens with one attached hydrogen (secondary N) is 1. The van der Waals surface area contributed by atoms with Crippen LogP contribution in [0.2, 0.25) is 0 Å². The molecule has 0 saturated carbocycles. The maximum absolute atomic E-state index is 11.6. The van der Waals surface area contributed by atoms with E-state index in [4.69, 9.17) is 0 Å². The van der Waals surface area contributed by atoms with E-state index in [1.807, 2.05) is 0 Å². The highest BCUT2D eigenvalue weighted by Gasteiger charge is 2.02. The molecule has 0 aliphatic rings. The van der Waals surface area contributed by atoms with E-state index in [-0.39, 0.29) is 5.91 Å². The average molecular weight is 284 g/mol. The Morgan fingerprint density at radius 1 is 0.850 bits per heavy atom. The Kier molecular flexibility index (Phi) is 14.4. The zero-order valence-corrected chi connectivity index (χ0v) is 14.0. The Labute approximate surface area is 126 Å². The summed E-state index contributed by atoms with van der Waals surface area (Å²) in [6.45, 7) is 4.11. The van der Waals surface area contributed by atoms with Crippen molar-refractivity contribution in [2.45, 2.75) is 77.6 Å². The van der Waals surface area contributed by atoms with Gasteiger partial charge in [0.05, 0.1) is 0 Å². The Hall–Kier alpha value is -0.570. The smallest absolute Gasteiger partial charge is 0.219 e. The number of carbonyl (C=O) groups is 1. The predicted molar refractivity (Wildman–Crippen MR) is 88.3 cm³/mol. The van der Waals surface area contributed by atoms with Gasteiger partial charge in [0.15, 0.2) is 0 Å². The number of unbranched alkanes of at least 4 members (excludes halogenated alkanes) is 8. The van der Waals surface area contributed by atoms with Gasteiger partial charge < -0.3 is 5.32 Å². The summed E-state index contributed by atoms with van der Waals surface area (Å²) in [4.78, 5) is 13.7. The molecular weight excluding hydrogens is 248 g/mol. The number of carbonyl (C=O) groups excluding carboxylic acids is 1. The van der Waals surface area contributed by atoms with Crippen molar-refractivity contribution >= 4 is 5.91 Å². The van der Waals surface area contributed by atoms with E-state index >= 15 is 0 Å². The second kappa shape index (κ2) is 14.8. The van der Waals surface area contributed by atoms with E-state index in [2.05, 4.69) is 31.2 Å². The zero-order chi connectivity index (χ0) is 15.1. The third-order valence-electron chi connectivity index (χ3n) is 3.61. The van der Waals surface area contributed by atoms with Gasteiger partial charge in [-0.2, -0.15) is 4.90 Å². The Morgan fingerprint density at radius 3 is 1.95 bits per heavy atom. The second-order valence-electron chi connectivity index (χ2n) is 6.09. The molecule has 0 aliphatic heterocycles. The molecule has 0 heterocycles. The molecule has 0 bridgehead atoms. The Balaban J connectivity index is 3.15. The Morgan fingerprint density at radius 2 is 1.40 bits per heavy atom. The number of amides is 1. The lowest BCUT2D eigenvalue weighted by Crippen LogP contribution is -2.28. The molecule has 0 aromatic heterocycles. The van der Waals surface area contributed by atoms with Gasteiger partial charge in [0.1, 0.15) is 20.6 Å². The van der Waals surface area contributed by atoms with E-state index in [1.54, 1.807) is 0 Å². The lowest BCUT2D eigenvalue weighted by molar-refractivity contribution is -0.121. The molecule has 3 nitrogen and oxygen atoms in total. The highest BCUT2D eigenvalue weighted by molar-refractivity contribution is 5.75. The molecule has 0 saturated heterocycles. The monoisotopic (exact) mass is 284 g/mol. The van der Waals surface area contributed by atoms with Crippen LogP contribution in [-0.2, 0) is 4.79 Å². The third-order valence-corrected chi connectivity index (χ3v) is 3.61. The molecule has 20 heavy (non-hydrogen) atoms. The predicted octanol–water partition coefficient (Wildman–Crippen LogP) is 3.81. The van der Waals surface area contributed by atoms with E-state index in [0.717, 1.165) is 25.9 Å². The highest BCUT2D eigenvalue weighted by atomic mass is 16.1. The fraction of sp³-hybridized carbons (Fsp3) is 0.941. The van der Waals surface area contributed by atoms with Crippen molar-refractivity contribution in [3.05, 3.63) is 0 Å². The van der Waals surface area contributed by atoms with Crippen molar-refractivity contribution in [3.8, 4) is 0 Å². The maximum atomic E-state index is 11.6. The SMILES string of the molecule is CCCCCCCCCCCC(=O)NCCC[N+](C)C. The van der Waals surface area contributed by atoms with Crippen LogP contribution in [0.4, 0.5) is 0 Å². The fourth-order valence-corrected chi connectivity index (χ4v) is 2.31. The van der Waals surface area contributed by atoms with Crippen molar-refractivity contribution in [2.24, 2.45) is 0 Å². The van der Waals surface area contributed by atoms with Crippen LogP contribution in [0.5, 0.6) is 0 Å². The summed E-state index contributed by atoms with van der Waals surface area (Å²) < 4.78 is 0. The highest BCUT2D eigenvalue weighted by Crippen LogP contribution is 2.10. The van der Waals surface area contributed by atoms with Crippen molar-refractivity contribution in [1.82, 2.24) is 10.2 Å². The first-order valence-electron chi connectivity index (χ1n) is 8.58. The second-order valence-corrected chi connectivity index (χ2v) is 6.09. The molecule has 0 unspecified atom stereocenters. The fourth-order valence-electron chi connectivity index (χ4n) is 2.31. The number of rotatable bonds is 14. The topological polar surface area (TPSA) is 35.0 Å². The number of hydrogen-bond acceptors (Lipinski definition) is 2. The van der Waals surface area contributed by atoms with Crippen molar-refractivity contribution < 1.29 is 4.79 Å². The first-order valence-corrected chi connectivity index (χ1v) is 8.58. The lowest BCUT2D eigenvalue weighted by Gasteiger charge is -2.05. The van der Waals surface area contributed by atoms with E-state index < -0.39 is 0 Å². The standard InChI is InChI=1S/C17H36N2O/c1-4-5-6-7-8-9-10-11-12-14-17(20)18-15-13-16-19(2)3/h4-16H2,1-3H3,(H,18,20)/q+1. The van der Waals surface area contributed by atoms with E-state index in [1.165, 1.54) is 51.4 Å². The summed E-state index contributed by atoms with van der Waals surface area (Å²) in [5.74, 6) is 0.228.